The maximum atomic E-state index is 11.5. The smallest absolute Gasteiger partial charge is 0.351 e. The number of thiazole rings is 1. The molecule has 0 aliphatic rings. The summed E-state index contributed by atoms with van der Waals surface area (Å²) < 4.78 is 15.0. The predicted octanol–water partition coefficient (Wildman–Crippen LogP) is 3.34. The highest BCUT2D eigenvalue weighted by atomic mass is 35.5. The molecule has 8 heteroatoms. The van der Waals surface area contributed by atoms with Crippen molar-refractivity contribution in [3.8, 4) is 11.5 Å². The fourth-order valence-corrected chi connectivity index (χ4v) is 2.71. The summed E-state index contributed by atoms with van der Waals surface area (Å²) in [6.07, 6.45) is 0. The van der Waals surface area contributed by atoms with Crippen molar-refractivity contribution in [1.82, 2.24) is 4.98 Å². The molecule has 0 saturated carbocycles. The highest BCUT2D eigenvalue weighted by Crippen LogP contribution is 2.34. The van der Waals surface area contributed by atoms with E-state index in [2.05, 4.69) is 15.0 Å². The molecule has 0 spiro atoms. The number of rotatable bonds is 5. The van der Waals surface area contributed by atoms with Crippen molar-refractivity contribution < 1.29 is 19.0 Å². The quantitative estimate of drug-likeness (QED) is 0.849. The second-order valence-corrected chi connectivity index (χ2v) is 5.18. The number of esters is 1. The Bertz CT molecular complexity index is 660. The SMILES string of the molecule is COC(=O)c1sc(Nc2ccc(OC)cc2OC)nc1Cl. The molecule has 0 aliphatic carbocycles. The second kappa shape index (κ2) is 6.64. The van der Waals surface area contributed by atoms with E-state index in [-0.39, 0.29) is 10.0 Å². The minimum absolute atomic E-state index is 0.0989. The molecule has 0 atom stereocenters. The van der Waals surface area contributed by atoms with Crippen LogP contribution in [0, 0.1) is 0 Å². The number of carbonyl (C=O) groups is 1. The normalized spacial score (nSPS) is 10.1. The van der Waals surface area contributed by atoms with E-state index in [0.29, 0.717) is 22.3 Å². The lowest BCUT2D eigenvalue weighted by Gasteiger charge is -2.10. The van der Waals surface area contributed by atoms with Gasteiger partial charge in [0.15, 0.2) is 15.2 Å². The molecule has 1 aromatic heterocycles. The number of anilines is 2. The first-order chi connectivity index (χ1) is 10.1. The number of carbonyl (C=O) groups excluding carboxylic acids is 1. The van der Waals surface area contributed by atoms with Gasteiger partial charge in [0, 0.05) is 6.07 Å². The van der Waals surface area contributed by atoms with Crippen LogP contribution in [0.15, 0.2) is 18.2 Å². The molecule has 2 rings (SSSR count). The van der Waals surface area contributed by atoms with E-state index in [1.165, 1.54) is 7.11 Å². The van der Waals surface area contributed by atoms with E-state index in [1.54, 1.807) is 32.4 Å². The van der Waals surface area contributed by atoms with Gasteiger partial charge in [-0.2, -0.15) is 0 Å². The molecule has 1 aromatic carbocycles. The van der Waals surface area contributed by atoms with Crippen LogP contribution in [0.3, 0.4) is 0 Å². The first-order valence-electron chi connectivity index (χ1n) is 5.82. The molecule has 0 aliphatic heterocycles. The molecule has 2 aromatic rings. The Hall–Kier alpha value is -1.99. The van der Waals surface area contributed by atoms with E-state index in [4.69, 9.17) is 21.1 Å². The molecule has 0 amide bonds. The van der Waals surface area contributed by atoms with Crippen molar-refractivity contribution in [2.75, 3.05) is 26.6 Å². The van der Waals surface area contributed by atoms with Crippen LogP contribution in [0.4, 0.5) is 10.8 Å². The molecule has 0 radical (unpaired) electrons. The number of aromatic nitrogens is 1. The lowest BCUT2D eigenvalue weighted by molar-refractivity contribution is 0.0606. The number of hydrogen-bond acceptors (Lipinski definition) is 7. The lowest BCUT2D eigenvalue weighted by atomic mass is 10.3. The zero-order valence-corrected chi connectivity index (χ0v) is 13.2. The molecule has 0 bridgehead atoms. The van der Waals surface area contributed by atoms with Gasteiger partial charge in [-0.3, -0.25) is 0 Å². The maximum absolute atomic E-state index is 11.5. The number of nitrogens with zero attached hydrogens (tertiary/aromatic N) is 1. The van der Waals surface area contributed by atoms with Crippen LogP contribution < -0.4 is 14.8 Å². The van der Waals surface area contributed by atoms with Gasteiger partial charge in [-0.15, -0.1) is 0 Å². The minimum Gasteiger partial charge on any atom is -0.497 e. The molecular formula is C13H13ClN2O4S. The summed E-state index contributed by atoms with van der Waals surface area (Å²) in [5.41, 5.74) is 0.681. The molecule has 1 N–H and O–H groups in total. The topological polar surface area (TPSA) is 69.7 Å². The van der Waals surface area contributed by atoms with Crippen molar-refractivity contribution in [3.63, 3.8) is 0 Å². The second-order valence-electron chi connectivity index (χ2n) is 3.82. The summed E-state index contributed by atoms with van der Waals surface area (Å²) in [6, 6.07) is 5.30. The number of benzene rings is 1. The van der Waals surface area contributed by atoms with Gasteiger partial charge in [0.2, 0.25) is 0 Å². The number of hydrogen-bond donors (Lipinski definition) is 1. The largest absolute Gasteiger partial charge is 0.497 e. The molecule has 0 saturated heterocycles. The fourth-order valence-electron chi connectivity index (χ4n) is 1.59. The summed E-state index contributed by atoms with van der Waals surface area (Å²) in [5.74, 6) is 0.734. The van der Waals surface area contributed by atoms with Crippen LogP contribution in [-0.2, 0) is 4.74 Å². The van der Waals surface area contributed by atoms with E-state index in [9.17, 15) is 4.79 Å². The standard InChI is InChI=1S/C13H13ClN2O4S/c1-18-7-4-5-8(9(6-7)19-2)15-13-16-11(14)10(21-13)12(17)20-3/h4-6H,1-3H3,(H,15,16). The van der Waals surface area contributed by atoms with Crippen LogP contribution in [0.25, 0.3) is 0 Å². The zero-order valence-electron chi connectivity index (χ0n) is 11.6. The summed E-state index contributed by atoms with van der Waals surface area (Å²) in [4.78, 5) is 15.8. The van der Waals surface area contributed by atoms with Crippen LogP contribution in [0.5, 0.6) is 11.5 Å². The van der Waals surface area contributed by atoms with Gasteiger partial charge in [0.05, 0.1) is 27.0 Å². The fraction of sp³-hybridized carbons (Fsp3) is 0.231. The van der Waals surface area contributed by atoms with Gasteiger partial charge in [0.1, 0.15) is 11.5 Å². The van der Waals surface area contributed by atoms with Gasteiger partial charge in [-0.05, 0) is 12.1 Å². The Balaban J connectivity index is 2.28. The van der Waals surface area contributed by atoms with E-state index < -0.39 is 5.97 Å². The Morgan fingerprint density at radius 1 is 1.29 bits per heavy atom. The Morgan fingerprint density at radius 2 is 2.05 bits per heavy atom. The first-order valence-corrected chi connectivity index (χ1v) is 7.02. The summed E-state index contributed by atoms with van der Waals surface area (Å²) in [5, 5.41) is 3.61. The summed E-state index contributed by atoms with van der Waals surface area (Å²) in [6.45, 7) is 0. The monoisotopic (exact) mass is 328 g/mol. The summed E-state index contributed by atoms with van der Waals surface area (Å²) in [7, 11) is 4.41. The molecule has 1 heterocycles. The minimum atomic E-state index is -0.521. The molecule has 6 nitrogen and oxygen atoms in total. The van der Waals surface area contributed by atoms with Crippen LogP contribution in [-0.4, -0.2) is 32.3 Å². The number of nitrogens with one attached hydrogen (secondary N) is 1. The van der Waals surface area contributed by atoms with Gasteiger partial charge in [-0.25, -0.2) is 9.78 Å². The third-order valence-corrected chi connectivity index (χ3v) is 3.94. The van der Waals surface area contributed by atoms with E-state index in [1.807, 2.05) is 0 Å². The van der Waals surface area contributed by atoms with Crippen LogP contribution >= 0.6 is 22.9 Å². The van der Waals surface area contributed by atoms with Crippen LogP contribution in [0.1, 0.15) is 9.67 Å². The van der Waals surface area contributed by atoms with Crippen molar-refractivity contribution in [2.45, 2.75) is 0 Å². The highest BCUT2D eigenvalue weighted by molar-refractivity contribution is 7.18. The number of methoxy groups -OCH3 is 3. The van der Waals surface area contributed by atoms with Gasteiger partial charge >= 0.3 is 5.97 Å². The van der Waals surface area contributed by atoms with Gasteiger partial charge < -0.3 is 19.5 Å². The van der Waals surface area contributed by atoms with E-state index in [0.717, 1.165) is 11.3 Å². The molecular weight excluding hydrogens is 316 g/mol. The zero-order chi connectivity index (χ0) is 15.4. The molecule has 21 heavy (non-hydrogen) atoms. The summed E-state index contributed by atoms with van der Waals surface area (Å²) >= 11 is 7.01. The van der Waals surface area contributed by atoms with Crippen LogP contribution in [0.2, 0.25) is 5.15 Å². The third kappa shape index (κ3) is 3.37. The first kappa shape index (κ1) is 15.4. The van der Waals surface area contributed by atoms with Crippen molar-refractivity contribution in [3.05, 3.63) is 28.2 Å². The number of ether oxygens (including phenoxy) is 3. The molecule has 0 fully saturated rings. The predicted molar refractivity (Wildman–Crippen MR) is 81.3 cm³/mol. The maximum Gasteiger partial charge on any atom is 0.351 e. The Kier molecular flexibility index (Phi) is 4.87. The molecule has 0 unspecified atom stereocenters. The van der Waals surface area contributed by atoms with Gasteiger partial charge in [-0.1, -0.05) is 22.9 Å². The highest BCUT2D eigenvalue weighted by Gasteiger charge is 2.18. The Labute approximate surface area is 130 Å². The average Bonchev–Trinajstić information content (AvgIpc) is 2.87. The number of halogens is 1. The van der Waals surface area contributed by atoms with Crippen molar-refractivity contribution in [2.24, 2.45) is 0 Å². The third-order valence-electron chi connectivity index (χ3n) is 2.61. The van der Waals surface area contributed by atoms with Crippen molar-refractivity contribution in [1.29, 1.82) is 0 Å². The Morgan fingerprint density at radius 3 is 2.67 bits per heavy atom. The average molecular weight is 329 g/mol. The lowest BCUT2D eigenvalue weighted by Crippen LogP contribution is -1.98. The van der Waals surface area contributed by atoms with Gasteiger partial charge in [0.25, 0.3) is 0 Å². The van der Waals surface area contributed by atoms with Crippen molar-refractivity contribution >= 4 is 39.7 Å². The molecule has 112 valence electrons. The van der Waals surface area contributed by atoms with E-state index >= 15 is 0 Å².